The molecule has 1 aromatic heterocycles. The van der Waals surface area contributed by atoms with E-state index >= 15 is 0 Å². The standard InChI is InChI=1S/C17H18N2O5/c1-10-7-13-14(18-10)8-19(15(13)16(20)21)17(22)24-9-11-3-5-12(23-2)6-4-11/h3-7,15,18H,8-9H2,1-2H3,(H,20,21). The number of aryl methyl sites for hydroxylation is 1. The van der Waals surface area contributed by atoms with Gasteiger partial charge < -0.3 is 19.6 Å². The highest BCUT2D eigenvalue weighted by Gasteiger charge is 2.40. The molecule has 1 amide bonds. The number of H-pyrrole nitrogens is 1. The van der Waals surface area contributed by atoms with Gasteiger partial charge in [0, 0.05) is 17.0 Å². The van der Waals surface area contributed by atoms with Gasteiger partial charge in [-0.05, 0) is 30.7 Å². The van der Waals surface area contributed by atoms with Crippen molar-refractivity contribution in [3.8, 4) is 5.75 Å². The van der Waals surface area contributed by atoms with Crippen LogP contribution in [0.15, 0.2) is 30.3 Å². The predicted molar refractivity (Wildman–Crippen MR) is 84.6 cm³/mol. The highest BCUT2D eigenvalue weighted by Crippen LogP contribution is 2.34. The molecular weight excluding hydrogens is 312 g/mol. The van der Waals surface area contributed by atoms with E-state index in [2.05, 4.69) is 4.98 Å². The van der Waals surface area contributed by atoms with E-state index in [0.717, 1.165) is 17.0 Å². The van der Waals surface area contributed by atoms with Crippen LogP contribution >= 0.6 is 0 Å². The Balaban J connectivity index is 1.68. The molecule has 0 aliphatic carbocycles. The summed E-state index contributed by atoms with van der Waals surface area (Å²) in [5.74, 6) is -0.362. The smallest absolute Gasteiger partial charge is 0.411 e. The van der Waals surface area contributed by atoms with Gasteiger partial charge in [-0.15, -0.1) is 0 Å². The Morgan fingerprint density at radius 1 is 1.33 bits per heavy atom. The summed E-state index contributed by atoms with van der Waals surface area (Å²) in [4.78, 5) is 28.2. The van der Waals surface area contributed by atoms with Crippen molar-refractivity contribution in [1.29, 1.82) is 0 Å². The van der Waals surface area contributed by atoms with Crippen LogP contribution in [0, 0.1) is 6.92 Å². The number of methoxy groups -OCH3 is 1. The zero-order valence-corrected chi connectivity index (χ0v) is 13.4. The number of ether oxygens (including phenoxy) is 2. The fourth-order valence-electron chi connectivity index (χ4n) is 2.86. The van der Waals surface area contributed by atoms with Crippen LogP contribution in [0.25, 0.3) is 0 Å². The third-order valence-electron chi connectivity index (χ3n) is 3.99. The number of aliphatic carboxylic acids is 1. The van der Waals surface area contributed by atoms with Gasteiger partial charge in [-0.3, -0.25) is 4.90 Å². The molecule has 0 saturated heterocycles. The van der Waals surface area contributed by atoms with Crippen LogP contribution in [0.4, 0.5) is 4.79 Å². The molecule has 0 spiro atoms. The summed E-state index contributed by atoms with van der Waals surface area (Å²) in [5.41, 5.74) is 3.02. The molecule has 1 aromatic carbocycles. The van der Waals surface area contributed by atoms with E-state index in [-0.39, 0.29) is 13.2 Å². The summed E-state index contributed by atoms with van der Waals surface area (Å²) in [5, 5.41) is 9.45. The van der Waals surface area contributed by atoms with E-state index in [1.807, 2.05) is 6.92 Å². The summed E-state index contributed by atoms with van der Waals surface area (Å²) in [6, 6.07) is 7.85. The number of carbonyl (C=O) groups excluding carboxylic acids is 1. The van der Waals surface area contributed by atoms with Crippen LogP contribution in [0.5, 0.6) is 5.75 Å². The molecule has 1 atom stereocenters. The molecule has 24 heavy (non-hydrogen) atoms. The molecular formula is C17H18N2O5. The number of hydrogen-bond acceptors (Lipinski definition) is 4. The Bertz CT molecular complexity index is 766. The normalized spacial score (nSPS) is 15.9. The summed E-state index contributed by atoms with van der Waals surface area (Å²) < 4.78 is 10.3. The topological polar surface area (TPSA) is 91.9 Å². The van der Waals surface area contributed by atoms with Crippen molar-refractivity contribution in [2.75, 3.05) is 7.11 Å². The second-order valence-electron chi connectivity index (χ2n) is 5.66. The van der Waals surface area contributed by atoms with Gasteiger partial charge in [-0.1, -0.05) is 12.1 Å². The number of benzene rings is 1. The summed E-state index contributed by atoms with van der Waals surface area (Å²) in [7, 11) is 1.57. The van der Waals surface area contributed by atoms with Crippen LogP contribution < -0.4 is 4.74 Å². The van der Waals surface area contributed by atoms with Crippen molar-refractivity contribution < 1.29 is 24.2 Å². The van der Waals surface area contributed by atoms with Crippen molar-refractivity contribution in [2.24, 2.45) is 0 Å². The van der Waals surface area contributed by atoms with Gasteiger partial charge in [-0.25, -0.2) is 9.59 Å². The minimum atomic E-state index is -1.07. The molecule has 1 aliphatic heterocycles. The van der Waals surface area contributed by atoms with Gasteiger partial charge in [-0.2, -0.15) is 0 Å². The van der Waals surface area contributed by atoms with Crippen molar-refractivity contribution in [2.45, 2.75) is 26.1 Å². The van der Waals surface area contributed by atoms with Gasteiger partial charge in [0.15, 0.2) is 6.04 Å². The highest BCUT2D eigenvalue weighted by molar-refractivity contribution is 5.83. The second kappa shape index (κ2) is 6.27. The van der Waals surface area contributed by atoms with Gasteiger partial charge in [0.25, 0.3) is 0 Å². The quantitative estimate of drug-likeness (QED) is 0.899. The Hall–Kier alpha value is -2.96. The number of carboxylic acids is 1. The van der Waals surface area contributed by atoms with E-state index in [1.165, 1.54) is 4.90 Å². The molecule has 1 unspecified atom stereocenters. The lowest BCUT2D eigenvalue weighted by Crippen LogP contribution is -2.34. The number of rotatable bonds is 4. The number of aromatic nitrogens is 1. The summed E-state index contributed by atoms with van der Waals surface area (Å²) in [6.07, 6.45) is -0.652. The molecule has 0 saturated carbocycles. The lowest BCUT2D eigenvalue weighted by molar-refractivity contribution is -0.142. The number of nitrogens with zero attached hydrogens (tertiary/aromatic N) is 1. The van der Waals surface area contributed by atoms with Gasteiger partial charge in [0.1, 0.15) is 12.4 Å². The lowest BCUT2D eigenvalue weighted by atomic mass is 10.1. The number of aromatic amines is 1. The Kier molecular flexibility index (Phi) is 4.16. The van der Waals surface area contributed by atoms with Crippen LogP contribution in [-0.2, 0) is 22.7 Å². The SMILES string of the molecule is COc1ccc(COC(=O)N2Cc3[nH]c(C)cc3C2C(=O)O)cc1. The van der Waals surface area contributed by atoms with Crippen molar-refractivity contribution >= 4 is 12.1 Å². The first-order chi connectivity index (χ1) is 11.5. The number of fused-ring (bicyclic) bond motifs is 1. The Morgan fingerprint density at radius 3 is 2.67 bits per heavy atom. The van der Waals surface area contributed by atoms with Crippen LogP contribution in [0.2, 0.25) is 0 Å². The highest BCUT2D eigenvalue weighted by atomic mass is 16.6. The van der Waals surface area contributed by atoms with Gasteiger partial charge in [0.2, 0.25) is 0 Å². The average Bonchev–Trinajstić information content (AvgIpc) is 3.08. The molecule has 0 radical (unpaired) electrons. The molecule has 0 bridgehead atoms. The molecule has 0 fully saturated rings. The largest absolute Gasteiger partial charge is 0.497 e. The summed E-state index contributed by atoms with van der Waals surface area (Å²) >= 11 is 0. The third-order valence-corrected chi connectivity index (χ3v) is 3.99. The first-order valence-electron chi connectivity index (χ1n) is 7.47. The zero-order valence-electron chi connectivity index (χ0n) is 13.4. The Labute approximate surface area is 138 Å². The second-order valence-corrected chi connectivity index (χ2v) is 5.66. The first kappa shape index (κ1) is 15.9. The van der Waals surface area contributed by atoms with Crippen LogP contribution in [0.1, 0.15) is 28.6 Å². The van der Waals surface area contributed by atoms with E-state index in [1.54, 1.807) is 37.4 Å². The van der Waals surface area contributed by atoms with E-state index < -0.39 is 18.1 Å². The maximum Gasteiger partial charge on any atom is 0.411 e. The third kappa shape index (κ3) is 2.92. The number of amides is 1. The summed E-state index contributed by atoms with van der Waals surface area (Å²) in [6.45, 7) is 2.11. The number of carboxylic acid groups (broad SMARTS) is 1. The fourth-order valence-corrected chi connectivity index (χ4v) is 2.86. The Morgan fingerprint density at radius 2 is 2.04 bits per heavy atom. The minimum absolute atomic E-state index is 0.0681. The van der Waals surface area contributed by atoms with Crippen LogP contribution in [-0.4, -0.2) is 34.2 Å². The predicted octanol–water partition coefficient (Wildman–Crippen LogP) is 2.61. The molecule has 3 rings (SSSR count). The van der Waals surface area contributed by atoms with E-state index in [4.69, 9.17) is 9.47 Å². The monoisotopic (exact) mass is 330 g/mol. The molecule has 2 N–H and O–H groups in total. The molecule has 126 valence electrons. The maximum atomic E-state index is 12.3. The van der Waals surface area contributed by atoms with Crippen molar-refractivity contribution in [3.05, 3.63) is 52.8 Å². The number of nitrogens with one attached hydrogen (secondary N) is 1. The molecule has 7 heteroatoms. The first-order valence-corrected chi connectivity index (χ1v) is 7.47. The molecule has 2 aromatic rings. The van der Waals surface area contributed by atoms with Gasteiger partial charge >= 0.3 is 12.1 Å². The van der Waals surface area contributed by atoms with Gasteiger partial charge in [0.05, 0.1) is 13.7 Å². The number of carbonyl (C=O) groups is 2. The molecule has 2 heterocycles. The van der Waals surface area contributed by atoms with E-state index in [0.29, 0.717) is 11.3 Å². The van der Waals surface area contributed by atoms with E-state index in [9.17, 15) is 14.7 Å². The lowest BCUT2D eigenvalue weighted by Gasteiger charge is -2.21. The maximum absolute atomic E-state index is 12.3. The minimum Gasteiger partial charge on any atom is -0.497 e. The fraction of sp³-hybridized carbons (Fsp3) is 0.294. The van der Waals surface area contributed by atoms with Crippen molar-refractivity contribution in [1.82, 2.24) is 9.88 Å². The molecule has 1 aliphatic rings. The number of hydrogen-bond donors (Lipinski definition) is 2. The van der Waals surface area contributed by atoms with Crippen molar-refractivity contribution in [3.63, 3.8) is 0 Å². The zero-order chi connectivity index (χ0) is 17.3. The molecule has 7 nitrogen and oxygen atoms in total. The van der Waals surface area contributed by atoms with Crippen LogP contribution in [0.3, 0.4) is 0 Å². The average molecular weight is 330 g/mol.